The number of hydrogen-bond donors (Lipinski definition) is 0. The van der Waals surface area contributed by atoms with Crippen molar-refractivity contribution in [2.75, 3.05) is 13.6 Å². The molecular weight excluding hydrogens is 417 g/mol. The molecule has 4 heteroatoms. The third kappa shape index (κ3) is 4.18. The van der Waals surface area contributed by atoms with E-state index in [1.807, 2.05) is 30.1 Å². The van der Waals surface area contributed by atoms with Crippen molar-refractivity contribution in [3.05, 3.63) is 31.8 Å². The first-order chi connectivity index (χ1) is 9.08. The van der Waals surface area contributed by atoms with Gasteiger partial charge in [-0.05, 0) is 59.5 Å². The summed E-state index contributed by atoms with van der Waals surface area (Å²) in [6.07, 6.45) is 6.54. The van der Waals surface area contributed by atoms with E-state index in [0.717, 1.165) is 20.2 Å². The summed E-state index contributed by atoms with van der Waals surface area (Å²) in [5.41, 5.74) is 0.799. The van der Waals surface area contributed by atoms with Crippen molar-refractivity contribution < 1.29 is 4.79 Å². The van der Waals surface area contributed by atoms with Gasteiger partial charge in [0.2, 0.25) is 0 Å². The van der Waals surface area contributed by atoms with Gasteiger partial charge in [-0.25, -0.2) is 0 Å². The van der Waals surface area contributed by atoms with E-state index in [4.69, 9.17) is 0 Å². The molecule has 0 aromatic heterocycles. The van der Waals surface area contributed by atoms with E-state index < -0.39 is 0 Å². The van der Waals surface area contributed by atoms with Crippen molar-refractivity contribution in [1.29, 1.82) is 0 Å². The third-order valence-corrected chi connectivity index (χ3v) is 5.20. The summed E-state index contributed by atoms with van der Waals surface area (Å²) >= 11 is 5.67. The Morgan fingerprint density at radius 3 is 2.74 bits per heavy atom. The quantitative estimate of drug-likeness (QED) is 0.629. The van der Waals surface area contributed by atoms with Gasteiger partial charge in [0.05, 0.1) is 5.56 Å². The first kappa shape index (κ1) is 15.3. The summed E-state index contributed by atoms with van der Waals surface area (Å²) in [6.45, 7) is 0.890. The van der Waals surface area contributed by atoms with Gasteiger partial charge in [-0.15, -0.1) is 0 Å². The molecule has 2 rings (SSSR count). The second-order valence-corrected chi connectivity index (χ2v) is 7.39. The van der Waals surface area contributed by atoms with Gasteiger partial charge in [0.15, 0.2) is 0 Å². The first-order valence-electron chi connectivity index (χ1n) is 6.78. The number of hydrogen-bond acceptors (Lipinski definition) is 1. The van der Waals surface area contributed by atoms with Crippen molar-refractivity contribution in [1.82, 2.24) is 4.90 Å². The highest BCUT2D eigenvalue weighted by Crippen LogP contribution is 2.25. The average molecular weight is 436 g/mol. The Morgan fingerprint density at radius 1 is 1.37 bits per heavy atom. The number of benzene rings is 1. The van der Waals surface area contributed by atoms with E-state index in [1.165, 1.54) is 32.1 Å². The van der Waals surface area contributed by atoms with Crippen molar-refractivity contribution in [2.24, 2.45) is 5.92 Å². The molecule has 104 valence electrons. The Labute approximate surface area is 137 Å². The molecule has 1 aliphatic carbocycles. The van der Waals surface area contributed by atoms with Gasteiger partial charge in [0.1, 0.15) is 0 Å². The lowest BCUT2D eigenvalue weighted by molar-refractivity contribution is 0.0759. The molecule has 1 saturated carbocycles. The van der Waals surface area contributed by atoms with Crippen LogP contribution in [0.3, 0.4) is 0 Å². The van der Waals surface area contributed by atoms with Gasteiger partial charge in [-0.2, -0.15) is 0 Å². The van der Waals surface area contributed by atoms with Crippen LogP contribution in [0.2, 0.25) is 0 Å². The van der Waals surface area contributed by atoms with Crippen LogP contribution in [0.15, 0.2) is 22.7 Å². The minimum Gasteiger partial charge on any atom is -0.341 e. The summed E-state index contributed by atoms with van der Waals surface area (Å²) in [4.78, 5) is 14.4. The molecule has 1 amide bonds. The standard InChI is InChI=1S/C15H19BrINO/c1-18(10-11-5-3-2-4-6-11)15(19)13-9-12(16)7-8-14(13)17/h7-9,11H,2-6,10H2,1H3. The number of nitrogens with zero attached hydrogens (tertiary/aromatic N) is 1. The fraction of sp³-hybridized carbons (Fsp3) is 0.533. The van der Waals surface area contributed by atoms with Gasteiger partial charge in [-0.3, -0.25) is 4.79 Å². The molecule has 2 nitrogen and oxygen atoms in total. The molecule has 1 fully saturated rings. The van der Waals surface area contributed by atoms with E-state index in [2.05, 4.69) is 38.5 Å². The molecule has 1 aromatic carbocycles. The van der Waals surface area contributed by atoms with E-state index in [1.54, 1.807) is 0 Å². The van der Waals surface area contributed by atoms with Crippen molar-refractivity contribution >= 4 is 44.4 Å². The fourth-order valence-electron chi connectivity index (χ4n) is 2.71. The Bertz CT molecular complexity index is 457. The van der Waals surface area contributed by atoms with Gasteiger partial charge < -0.3 is 4.90 Å². The lowest BCUT2D eigenvalue weighted by Crippen LogP contribution is -2.33. The SMILES string of the molecule is CN(CC1CCCCC1)C(=O)c1cc(Br)ccc1I. The zero-order valence-electron chi connectivity index (χ0n) is 11.2. The minimum atomic E-state index is 0.135. The van der Waals surface area contributed by atoms with Crippen molar-refractivity contribution in [3.63, 3.8) is 0 Å². The molecular formula is C15H19BrINO. The Morgan fingerprint density at radius 2 is 2.05 bits per heavy atom. The number of amides is 1. The zero-order valence-corrected chi connectivity index (χ0v) is 14.9. The summed E-state index contributed by atoms with van der Waals surface area (Å²) in [5.74, 6) is 0.823. The van der Waals surface area contributed by atoms with Gasteiger partial charge in [0.25, 0.3) is 5.91 Å². The Balaban J connectivity index is 2.03. The van der Waals surface area contributed by atoms with Crippen LogP contribution >= 0.6 is 38.5 Å². The summed E-state index contributed by atoms with van der Waals surface area (Å²) in [6, 6.07) is 5.87. The summed E-state index contributed by atoms with van der Waals surface area (Å²) in [7, 11) is 1.92. The van der Waals surface area contributed by atoms with Gasteiger partial charge in [0, 0.05) is 21.6 Å². The van der Waals surface area contributed by atoms with Crippen molar-refractivity contribution in [2.45, 2.75) is 32.1 Å². The number of carbonyl (C=O) groups is 1. The molecule has 0 N–H and O–H groups in total. The fourth-order valence-corrected chi connectivity index (χ4v) is 3.63. The van der Waals surface area contributed by atoms with Crippen molar-refractivity contribution in [3.8, 4) is 0 Å². The first-order valence-corrected chi connectivity index (χ1v) is 8.65. The third-order valence-electron chi connectivity index (χ3n) is 3.76. The summed E-state index contributed by atoms with van der Waals surface area (Å²) in [5, 5.41) is 0. The molecule has 0 spiro atoms. The molecule has 0 saturated heterocycles. The molecule has 1 aliphatic rings. The lowest BCUT2D eigenvalue weighted by atomic mass is 9.89. The maximum atomic E-state index is 12.5. The van der Waals surface area contributed by atoms with Gasteiger partial charge in [-0.1, -0.05) is 35.2 Å². The molecule has 0 heterocycles. The monoisotopic (exact) mass is 435 g/mol. The molecule has 1 aromatic rings. The van der Waals surface area contributed by atoms with E-state index >= 15 is 0 Å². The minimum absolute atomic E-state index is 0.135. The highest BCUT2D eigenvalue weighted by atomic mass is 127. The lowest BCUT2D eigenvalue weighted by Gasteiger charge is -2.27. The maximum absolute atomic E-state index is 12.5. The average Bonchev–Trinajstić information content (AvgIpc) is 2.42. The Hall–Kier alpha value is -0.100. The van der Waals surface area contributed by atoms with E-state index in [0.29, 0.717) is 5.92 Å². The maximum Gasteiger partial charge on any atom is 0.254 e. The van der Waals surface area contributed by atoms with Crippen LogP contribution in [0.4, 0.5) is 0 Å². The molecule has 0 radical (unpaired) electrons. The molecule has 0 unspecified atom stereocenters. The van der Waals surface area contributed by atoms with Gasteiger partial charge >= 0.3 is 0 Å². The van der Waals surface area contributed by atoms with Crippen LogP contribution in [-0.4, -0.2) is 24.4 Å². The van der Waals surface area contributed by atoms with E-state index in [-0.39, 0.29) is 5.91 Å². The van der Waals surface area contributed by atoms with Crippen LogP contribution < -0.4 is 0 Å². The number of halogens is 2. The highest BCUT2D eigenvalue weighted by molar-refractivity contribution is 14.1. The van der Waals surface area contributed by atoms with Crippen LogP contribution in [0.5, 0.6) is 0 Å². The second-order valence-electron chi connectivity index (χ2n) is 5.31. The predicted octanol–water partition coefficient (Wildman–Crippen LogP) is 4.71. The largest absolute Gasteiger partial charge is 0.341 e. The zero-order chi connectivity index (χ0) is 13.8. The molecule has 0 atom stereocenters. The Kier molecular flexibility index (Phi) is 5.69. The van der Waals surface area contributed by atoms with Crippen LogP contribution in [0.1, 0.15) is 42.5 Å². The molecule has 0 bridgehead atoms. The molecule has 19 heavy (non-hydrogen) atoms. The predicted molar refractivity (Wildman–Crippen MR) is 90.4 cm³/mol. The second kappa shape index (κ2) is 7.07. The smallest absolute Gasteiger partial charge is 0.254 e. The normalized spacial score (nSPS) is 16.4. The summed E-state index contributed by atoms with van der Waals surface area (Å²) < 4.78 is 1.98. The van der Waals surface area contributed by atoms with E-state index in [9.17, 15) is 4.79 Å². The topological polar surface area (TPSA) is 20.3 Å². The highest BCUT2D eigenvalue weighted by Gasteiger charge is 2.20. The number of carbonyl (C=O) groups excluding carboxylic acids is 1. The number of rotatable bonds is 3. The van der Waals surface area contributed by atoms with Crippen LogP contribution in [-0.2, 0) is 0 Å². The van der Waals surface area contributed by atoms with Crippen LogP contribution in [0, 0.1) is 9.49 Å². The van der Waals surface area contributed by atoms with Crippen LogP contribution in [0.25, 0.3) is 0 Å². The molecule has 0 aliphatic heterocycles.